The lowest BCUT2D eigenvalue weighted by Crippen LogP contribution is -1.92. The Morgan fingerprint density at radius 1 is 1.06 bits per heavy atom. The van der Waals surface area contributed by atoms with Gasteiger partial charge in [-0.3, -0.25) is 0 Å². The highest BCUT2D eigenvalue weighted by Crippen LogP contribution is 2.23. The summed E-state index contributed by atoms with van der Waals surface area (Å²) in [7, 11) is 0. The Balaban J connectivity index is 2.26. The summed E-state index contributed by atoms with van der Waals surface area (Å²) in [5, 5.41) is 8.14. The van der Waals surface area contributed by atoms with Crippen LogP contribution >= 0.6 is 15.9 Å². The van der Waals surface area contributed by atoms with Gasteiger partial charge in [0.15, 0.2) is 0 Å². The van der Waals surface area contributed by atoms with Crippen LogP contribution in [-0.2, 0) is 0 Å². The molecule has 0 bridgehead atoms. The summed E-state index contributed by atoms with van der Waals surface area (Å²) >= 11 is 3.28. The second-order valence-corrected chi connectivity index (χ2v) is 4.99. The molecule has 1 unspecified atom stereocenters. The number of benzene rings is 1. The van der Waals surface area contributed by atoms with Crippen LogP contribution in [0.1, 0.15) is 31.7 Å². The van der Waals surface area contributed by atoms with Gasteiger partial charge in [-0.1, -0.05) is 38.1 Å². The van der Waals surface area contributed by atoms with Crippen molar-refractivity contribution < 1.29 is 0 Å². The molecule has 0 radical (unpaired) electrons. The molecule has 1 atom stereocenters. The monoisotopic (exact) mass is 290 g/mol. The van der Waals surface area contributed by atoms with Gasteiger partial charge < -0.3 is 0 Å². The molecule has 0 N–H and O–H groups in total. The molecule has 0 fully saturated rings. The largest absolute Gasteiger partial charge is 0.149 e. The maximum atomic E-state index is 4.15. The quantitative estimate of drug-likeness (QED) is 0.836. The molecule has 2 nitrogen and oxygen atoms in total. The molecule has 0 aliphatic carbocycles. The molecule has 88 valence electrons. The maximum absolute atomic E-state index is 4.15. The predicted molar refractivity (Wildman–Crippen MR) is 73.9 cm³/mol. The van der Waals surface area contributed by atoms with Crippen molar-refractivity contribution in [1.29, 1.82) is 0 Å². The first-order chi connectivity index (χ1) is 8.20. The minimum Gasteiger partial charge on any atom is -0.149 e. The number of hydrogen-bond donors (Lipinski definition) is 0. The van der Waals surface area contributed by atoms with Gasteiger partial charge in [0.25, 0.3) is 0 Å². The number of rotatable bonds is 3. The van der Waals surface area contributed by atoms with E-state index in [0.717, 1.165) is 22.3 Å². The minimum atomic E-state index is 0.611. The van der Waals surface area contributed by atoms with Gasteiger partial charge in [-0.2, -0.15) is 0 Å². The van der Waals surface area contributed by atoms with E-state index in [-0.39, 0.29) is 0 Å². The molecule has 0 saturated carbocycles. The summed E-state index contributed by atoms with van der Waals surface area (Å²) in [5.74, 6) is 0.611. The van der Waals surface area contributed by atoms with Crippen molar-refractivity contribution in [3.05, 3.63) is 46.6 Å². The van der Waals surface area contributed by atoms with E-state index >= 15 is 0 Å². The number of halogens is 1. The Hall–Kier alpha value is -1.22. The summed E-state index contributed by atoms with van der Waals surface area (Å²) in [6.45, 7) is 4.45. The minimum absolute atomic E-state index is 0.611. The summed E-state index contributed by atoms with van der Waals surface area (Å²) in [4.78, 5) is 0. The van der Waals surface area contributed by atoms with Crippen LogP contribution in [0, 0.1) is 0 Å². The highest BCUT2D eigenvalue weighted by Gasteiger charge is 2.04. The van der Waals surface area contributed by atoms with Crippen molar-refractivity contribution in [2.45, 2.75) is 26.2 Å². The van der Waals surface area contributed by atoms with Gasteiger partial charge in [0, 0.05) is 5.56 Å². The topological polar surface area (TPSA) is 25.8 Å². The first-order valence-corrected chi connectivity index (χ1v) is 6.59. The fourth-order valence-corrected chi connectivity index (χ4v) is 1.90. The summed E-state index contributed by atoms with van der Waals surface area (Å²) in [6, 6.07) is 12.4. The first kappa shape index (κ1) is 12.2. The Kier molecular flexibility index (Phi) is 3.89. The molecule has 1 aromatic heterocycles. The van der Waals surface area contributed by atoms with Gasteiger partial charge in [0.2, 0.25) is 0 Å². The average molecular weight is 291 g/mol. The zero-order valence-electron chi connectivity index (χ0n) is 10.0. The molecule has 2 aromatic rings. The van der Waals surface area contributed by atoms with Crippen molar-refractivity contribution in [2.24, 2.45) is 0 Å². The van der Waals surface area contributed by atoms with Crippen LogP contribution in [0.2, 0.25) is 0 Å². The van der Waals surface area contributed by atoms with Gasteiger partial charge in [-0.15, -0.1) is 10.2 Å². The summed E-state index contributed by atoms with van der Waals surface area (Å²) < 4.78 is 0.762. The fourth-order valence-electron chi connectivity index (χ4n) is 1.69. The molecule has 2 rings (SSSR count). The van der Waals surface area contributed by atoms with Gasteiger partial charge in [0.05, 0.1) is 5.69 Å². The molecule has 0 aliphatic heterocycles. The highest BCUT2D eigenvalue weighted by atomic mass is 79.9. The fraction of sp³-hybridized carbons (Fsp3) is 0.286. The molecule has 0 spiro atoms. The van der Waals surface area contributed by atoms with Crippen molar-refractivity contribution >= 4 is 15.9 Å². The number of aromatic nitrogens is 2. The molecule has 3 heteroatoms. The molecule has 1 heterocycles. The highest BCUT2D eigenvalue weighted by molar-refractivity contribution is 9.10. The number of nitrogens with zero attached hydrogens (tertiary/aromatic N) is 2. The van der Waals surface area contributed by atoms with Crippen molar-refractivity contribution in [3.63, 3.8) is 0 Å². The van der Waals surface area contributed by atoms with E-state index in [9.17, 15) is 0 Å². The first-order valence-electron chi connectivity index (χ1n) is 5.80. The standard InChI is InChI=1S/C14H15BrN2/c1-3-10(2)11-4-6-12(7-5-11)13-8-9-14(15)17-16-13/h4-10H,3H2,1-2H3. The second kappa shape index (κ2) is 5.41. The van der Waals surface area contributed by atoms with Crippen LogP contribution in [-0.4, -0.2) is 10.2 Å². The van der Waals surface area contributed by atoms with E-state index in [1.165, 1.54) is 5.56 Å². The third-order valence-electron chi connectivity index (χ3n) is 3.02. The normalized spacial score (nSPS) is 12.4. The lowest BCUT2D eigenvalue weighted by Gasteiger charge is -2.09. The van der Waals surface area contributed by atoms with Crippen molar-refractivity contribution in [1.82, 2.24) is 10.2 Å². The molecular formula is C14H15BrN2. The van der Waals surface area contributed by atoms with E-state index in [2.05, 4.69) is 64.2 Å². The zero-order chi connectivity index (χ0) is 12.3. The van der Waals surface area contributed by atoms with Crippen LogP contribution in [0.25, 0.3) is 11.3 Å². The Morgan fingerprint density at radius 3 is 2.29 bits per heavy atom. The predicted octanol–water partition coefficient (Wildman–Crippen LogP) is 4.42. The van der Waals surface area contributed by atoms with E-state index < -0.39 is 0 Å². The lowest BCUT2D eigenvalue weighted by atomic mass is 9.97. The maximum Gasteiger partial charge on any atom is 0.128 e. The molecule has 17 heavy (non-hydrogen) atoms. The van der Waals surface area contributed by atoms with E-state index in [1.807, 2.05) is 12.1 Å². The molecule has 1 aromatic carbocycles. The van der Waals surface area contributed by atoms with Gasteiger partial charge >= 0.3 is 0 Å². The molecule has 0 amide bonds. The second-order valence-electron chi connectivity index (χ2n) is 4.17. The summed E-state index contributed by atoms with van der Waals surface area (Å²) in [6.07, 6.45) is 1.16. The van der Waals surface area contributed by atoms with E-state index in [0.29, 0.717) is 5.92 Å². The summed E-state index contributed by atoms with van der Waals surface area (Å²) in [5.41, 5.74) is 3.39. The van der Waals surface area contributed by atoms with Crippen molar-refractivity contribution in [3.8, 4) is 11.3 Å². The third kappa shape index (κ3) is 2.91. The molecular weight excluding hydrogens is 276 g/mol. The van der Waals surface area contributed by atoms with Gasteiger partial charge in [-0.05, 0) is 46.0 Å². The van der Waals surface area contributed by atoms with Crippen LogP contribution in [0.4, 0.5) is 0 Å². The van der Waals surface area contributed by atoms with Gasteiger partial charge in [0.1, 0.15) is 4.60 Å². The lowest BCUT2D eigenvalue weighted by molar-refractivity contribution is 0.734. The van der Waals surface area contributed by atoms with Crippen LogP contribution < -0.4 is 0 Å². The third-order valence-corrected chi connectivity index (χ3v) is 3.44. The van der Waals surface area contributed by atoms with E-state index in [4.69, 9.17) is 0 Å². The zero-order valence-corrected chi connectivity index (χ0v) is 11.6. The molecule has 0 saturated heterocycles. The SMILES string of the molecule is CCC(C)c1ccc(-c2ccc(Br)nn2)cc1. The van der Waals surface area contributed by atoms with E-state index in [1.54, 1.807) is 0 Å². The average Bonchev–Trinajstić information content (AvgIpc) is 2.39. The molecule has 0 aliphatic rings. The van der Waals surface area contributed by atoms with Crippen LogP contribution in [0.15, 0.2) is 41.0 Å². The van der Waals surface area contributed by atoms with Crippen LogP contribution in [0.3, 0.4) is 0 Å². The smallest absolute Gasteiger partial charge is 0.128 e. The number of hydrogen-bond acceptors (Lipinski definition) is 2. The van der Waals surface area contributed by atoms with Crippen LogP contribution in [0.5, 0.6) is 0 Å². The van der Waals surface area contributed by atoms with Gasteiger partial charge in [-0.25, -0.2) is 0 Å². The van der Waals surface area contributed by atoms with Crippen molar-refractivity contribution in [2.75, 3.05) is 0 Å². The Morgan fingerprint density at radius 2 is 1.76 bits per heavy atom. The Bertz CT molecular complexity index is 477. The Labute approximate surface area is 110 Å².